The van der Waals surface area contributed by atoms with Gasteiger partial charge < -0.3 is 10.0 Å². The number of nitro benzene ring substituents is 1. The van der Waals surface area contributed by atoms with Gasteiger partial charge in [0.15, 0.2) is 0 Å². The Morgan fingerprint density at radius 3 is 2.74 bits per heavy atom. The fourth-order valence-electron chi connectivity index (χ4n) is 2.35. The molecule has 0 aromatic heterocycles. The summed E-state index contributed by atoms with van der Waals surface area (Å²) in [6.45, 7) is 0.660. The van der Waals surface area contributed by atoms with Crippen LogP contribution in [0.25, 0.3) is 0 Å². The topological polar surface area (TPSA) is 66.6 Å². The monoisotopic (exact) mass is 284 g/mol. The number of aliphatic hydroxyl groups is 1. The predicted molar refractivity (Wildman–Crippen MR) is 74.8 cm³/mol. The van der Waals surface area contributed by atoms with E-state index in [2.05, 4.69) is 0 Å². The maximum absolute atomic E-state index is 11.2. The highest BCUT2D eigenvalue weighted by molar-refractivity contribution is 6.33. The van der Waals surface area contributed by atoms with E-state index in [4.69, 9.17) is 16.7 Å². The predicted octanol–water partition coefficient (Wildman–Crippen LogP) is 2.99. The van der Waals surface area contributed by atoms with Gasteiger partial charge in [-0.05, 0) is 31.7 Å². The summed E-state index contributed by atoms with van der Waals surface area (Å²) in [5.74, 6) is 0. The fraction of sp³-hybridized carbons (Fsp3) is 0.538. The maximum atomic E-state index is 11.2. The van der Waals surface area contributed by atoms with Gasteiger partial charge in [-0.15, -0.1) is 0 Å². The Hall–Kier alpha value is -1.33. The molecule has 1 aromatic carbocycles. The second-order valence-electron chi connectivity index (χ2n) is 4.72. The summed E-state index contributed by atoms with van der Waals surface area (Å²) in [4.78, 5) is 12.7. The molecule has 5 nitrogen and oxygen atoms in total. The molecule has 1 saturated carbocycles. The first-order valence-electron chi connectivity index (χ1n) is 6.45. The molecule has 104 valence electrons. The van der Waals surface area contributed by atoms with Gasteiger partial charge in [0.1, 0.15) is 5.69 Å². The second kappa shape index (κ2) is 6.21. The zero-order valence-electron chi connectivity index (χ0n) is 10.6. The minimum atomic E-state index is -0.397. The van der Waals surface area contributed by atoms with Gasteiger partial charge >= 0.3 is 0 Å². The minimum Gasteiger partial charge on any atom is -0.396 e. The van der Waals surface area contributed by atoms with Gasteiger partial charge in [-0.25, -0.2) is 0 Å². The average molecular weight is 285 g/mol. The lowest BCUT2D eigenvalue weighted by atomic mass is 9.90. The Balaban J connectivity index is 2.36. The number of rotatable bonds is 6. The molecule has 0 radical (unpaired) electrons. The van der Waals surface area contributed by atoms with Crippen LogP contribution in [0, 0.1) is 10.1 Å². The number of anilines is 1. The average Bonchev–Trinajstić information content (AvgIpc) is 2.32. The van der Waals surface area contributed by atoms with Gasteiger partial charge in [-0.1, -0.05) is 17.7 Å². The molecule has 6 heteroatoms. The number of halogens is 1. The lowest BCUT2D eigenvalue weighted by Gasteiger charge is -2.39. The highest BCUT2D eigenvalue weighted by Gasteiger charge is 2.31. The highest BCUT2D eigenvalue weighted by Crippen LogP contribution is 2.40. The van der Waals surface area contributed by atoms with Crippen molar-refractivity contribution < 1.29 is 10.0 Å². The summed E-state index contributed by atoms with van der Waals surface area (Å²) in [6, 6.07) is 5.04. The number of nitrogens with zero attached hydrogens (tertiary/aromatic N) is 2. The van der Waals surface area contributed by atoms with Crippen molar-refractivity contribution >= 4 is 23.0 Å². The minimum absolute atomic E-state index is 0.0392. The maximum Gasteiger partial charge on any atom is 0.294 e. The van der Waals surface area contributed by atoms with E-state index in [0.717, 1.165) is 19.3 Å². The van der Waals surface area contributed by atoms with Gasteiger partial charge in [0.05, 0.1) is 9.95 Å². The molecule has 2 rings (SSSR count). The van der Waals surface area contributed by atoms with Gasteiger partial charge in [0.2, 0.25) is 0 Å². The molecule has 0 aliphatic heterocycles. The van der Waals surface area contributed by atoms with Crippen molar-refractivity contribution in [3.05, 3.63) is 33.3 Å². The Morgan fingerprint density at radius 1 is 1.47 bits per heavy atom. The first-order valence-corrected chi connectivity index (χ1v) is 6.83. The number of hydrogen-bond acceptors (Lipinski definition) is 4. The Kier molecular flexibility index (Phi) is 4.61. The van der Waals surface area contributed by atoms with Crippen LogP contribution in [-0.4, -0.2) is 29.2 Å². The third-order valence-electron chi connectivity index (χ3n) is 3.52. The number of aliphatic hydroxyl groups excluding tert-OH is 1. The van der Waals surface area contributed by atoms with E-state index in [9.17, 15) is 10.1 Å². The molecular formula is C13H17ClN2O3. The molecule has 1 N–H and O–H groups in total. The number of nitro groups is 1. The van der Waals surface area contributed by atoms with Crippen molar-refractivity contribution in [2.75, 3.05) is 18.1 Å². The fourth-order valence-corrected chi connectivity index (χ4v) is 2.63. The highest BCUT2D eigenvalue weighted by atomic mass is 35.5. The number of para-hydroxylation sites is 1. The van der Waals surface area contributed by atoms with Crippen LogP contribution in [0.1, 0.15) is 25.7 Å². The molecule has 0 bridgehead atoms. The molecular weight excluding hydrogens is 268 g/mol. The molecule has 0 spiro atoms. The van der Waals surface area contributed by atoms with Crippen molar-refractivity contribution in [1.82, 2.24) is 0 Å². The smallest absolute Gasteiger partial charge is 0.294 e. The Morgan fingerprint density at radius 2 is 2.21 bits per heavy atom. The van der Waals surface area contributed by atoms with Crippen LogP contribution in [0.2, 0.25) is 5.02 Å². The molecule has 1 fully saturated rings. The Labute approximate surface area is 116 Å². The van der Waals surface area contributed by atoms with Gasteiger partial charge in [-0.3, -0.25) is 10.1 Å². The SMILES string of the molecule is O=[N+]([O-])c1cccc(Cl)c1N(CCCO)C1CCC1. The molecule has 1 aliphatic carbocycles. The van der Waals surface area contributed by atoms with Crippen LogP contribution in [-0.2, 0) is 0 Å². The summed E-state index contributed by atoms with van der Waals surface area (Å²) in [5.41, 5.74) is 0.532. The van der Waals surface area contributed by atoms with Gasteiger partial charge in [-0.2, -0.15) is 0 Å². The van der Waals surface area contributed by atoms with E-state index in [1.807, 2.05) is 4.90 Å². The third-order valence-corrected chi connectivity index (χ3v) is 3.83. The number of hydrogen-bond donors (Lipinski definition) is 1. The van der Waals surface area contributed by atoms with Crippen molar-refractivity contribution in [3.63, 3.8) is 0 Å². The van der Waals surface area contributed by atoms with Crippen molar-refractivity contribution in [2.24, 2.45) is 0 Å². The van der Waals surface area contributed by atoms with Gasteiger partial charge in [0, 0.05) is 25.3 Å². The molecule has 1 aliphatic rings. The van der Waals surface area contributed by atoms with Gasteiger partial charge in [0.25, 0.3) is 5.69 Å². The van der Waals surface area contributed by atoms with E-state index in [-0.39, 0.29) is 12.3 Å². The van der Waals surface area contributed by atoms with Crippen LogP contribution < -0.4 is 4.90 Å². The van der Waals surface area contributed by atoms with Crippen molar-refractivity contribution in [3.8, 4) is 0 Å². The molecule has 1 aromatic rings. The van der Waals surface area contributed by atoms with E-state index in [1.165, 1.54) is 6.07 Å². The zero-order valence-corrected chi connectivity index (χ0v) is 11.3. The summed E-state index contributed by atoms with van der Waals surface area (Å²) < 4.78 is 0. The second-order valence-corrected chi connectivity index (χ2v) is 5.13. The van der Waals surface area contributed by atoms with Crippen LogP contribution in [0.5, 0.6) is 0 Å². The van der Waals surface area contributed by atoms with E-state index in [0.29, 0.717) is 29.7 Å². The number of benzene rings is 1. The first-order chi connectivity index (χ1) is 9.15. The molecule has 0 saturated heterocycles. The summed E-state index contributed by atoms with van der Waals surface area (Å²) in [6.07, 6.45) is 3.76. The van der Waals surface area contributed by atoms with Crippen molar-refractivity contribution in [2.45, 2.75) is 31.7 Å². The molecule has 0 amide bonds. The standard InChI is InChI=1S/C13H17ClN2O3/c14-11-6-2-7-12(16(18)19)13(11)15(8-3-9-17)10-4-1-5-10/h2,6-7,10,17H,1,3-5,8-9H2. The Bertz CT molecular complexity index is 463. The zero-order chi connectivity index (χ0) is 13.8. The molecule has 0 heterocycles. The first kappa shape index (κ1) is 14.1. The summed E-state index contributed by atoms with van der Waals surface area (Å²) in [5, 5.41) is 20.5. The lowest BCUT2D eigenvalue weighted by Crippen LogP contribution is -2.41. The lowest BCUT2D eigenvalue weighted by molar-refractivity contribution is -0.384. The van der Waals surface area contributed by atoms with Crippen LogP contribution >= 0.6 is 11.6 Å². The molecule has 0 atom stereocenters. The van der Waals surface area contributed by atoms with Crippen molar-refractivity contribution in [1.29, 1.82) is 0 Å². The molecule has 19 heavy (non-hydrogen) atoms. The molecule has 0 unspecified atom stereocenters. The normalized spacial score (nSPS) is 15.1. The largest absolute Gasteiger partial charge is 0.396 e. The van der Waals surface area contributed by atoms with E-state index < -0.39 is 4.92 Å². The van der Waals surface area contributed by atoms with Crippen LogP contribution in [0.3, 0.4) is 0 Å². The van der Waals surface area contributed by atoms with Crippen LogP contribution in [0.15, 0.2) is 18.2 Å². The van der Waals surface area contributed by atoms with E-state index >= 15 is 0 Å². The third kappa shape index (κ3) is 2.98. The van der Waals surface area contributed by atoms with E-state index in [1.54, 1.807) is 12.1 Å². The summed E-state index contributed by atoms with van der Waals surface area (Å²) >= 11 is 6.16. The van der Waals surface area contributed by atoms with Crippen LogP contribution in [0.4, 0.5) is 11.4 Å². The quantitative estimate of drug-likeness (QED) is 0.644. The summed E-state index contributed by atoms with van der Waals surface area (Å²) in [7, 11) is 0.